The molecular formula is C19H21IN2O. The van der Waals surface area contributed by atoms with Crippen molar-refractivity contribution in [3.63, 3.8) is 0 Å². The van der Waals surface area contributed by atoms with E-state index in [1.165, 1.54) is 0 Å². The van der Waals surface area contributed by atoms with Crippen LogP contribution in [0.2, 0.25) is 0 Å². The lowest BCUT2D eigenvalue weighted by Crippen LogP contribution is -2.21. The summed E-state index contributed by atoms with van der Waals surface area (Å²) >= 11 is 2.16. The number of nitrogens with one attached hydrogen (secondary N) is 1. The Morgan fingerprint density at radius 3 is 2.43 bits per heavy atom. The van der Waals surface area contributed by atoms with E-state index >= 15 is 0 Å². The molecular weight excluding hydrogens is 399 g/mol. The summed E-state index contributed by atoms with van der Waals surface area (Å²) in [6.45, 7) is 2.18. The number of benzene rings is 2. The molecule has 23 heavy (non-hydrogen) atoms. The third kappa shape index (κ3) is 5.46. The number of hydrogen-bond donors (Lipinski definition) is 1. The van der Waals surface area contributed by atoms with Crippen molar-refractivity contribution in [2.75, 3.05) is 0 Å². The average Bonchev–Trinajstić information content (AvgIpc) is 2.59. The van der Waals surface area contributed by atoms with Crippen molar-refractivity contribution in [1.82, 2.24) is 5.43 Å². The number of carbonyl (C=O) groups excluding carboxylic acids is 1. The van der Waals surface area contributed by atoms with E-state index in [4.69, 9.17) is 0 Å². The van der Waals surface area contributed by atoms with Gasteiger partial charge in [0.25, 0.3) is 5.91 Å². The molecule has 3 nitrogen and oxygen atoms in total. The van der Waals surface area contributed by atoms with Crippen molar-refractivity contribution >= 4 is 34.2 Å². The van der Waals surface area contributed by atoms with E-state index < -0.39 is 0 Å². The smallest absolute Gasteiger partial charge is 0.267 e. The van der Waals surface area contributed by atoms with Gasteiger partial charge in [-0.3, -0.25) is 4.79 Å². The molecule has 0 unspecified atom stereocenters. The molecule has 0 aliphatic carbocycles. The van der Waals surface area contributed by atoms with E-state index in [-0.39, 0.29) is 5.91 Å². The van der Waals surface area contributed by atoms with Crippen molar-refractivity contribution in [3.8, 4) is 0 Å². The number of rotatable bonds is 7. The summed E-state index contributed by atoms with van der Waals surface area (Å²) in [4.78, 5) is 12.3. The lowest BCUT2D eigenvalue weighted by atomic mass is 10.0. The number of carbonyl (C=O) groups is 1. The molecule has 4 heteroatoms. The van der Waals surface area contributed by atoms with Crippen LogP contribution < -0.4 is 5.43 Å². The maximum absolute atomic E-state index is 12.3. The van der Waals surface area contributed by atoms with Crippen molar-refractivity contribution in [2.45, 2.75) is 32.6 Å². The Morgan fingerprint density at radius 1 is 1.04 bits per heavy atom. The molecule has 0 heterocycles. The minimum Gasteiger partial charge on any atom is -0.267 e. The van der Waals surface area contributed by atoms with Gasteiger partial charge in [-0.05, 0) is 53.1 Å². The van der Waals surface area contributed by atoms with Crippen LogP contribution in [0.25, 0.3) is 0 Å². The fourth-order valence-corrected chi connectivity index (χ4v) is 2.89. The summed E-state index contributed by atoms with van der Waals surface area (Å²) in [7, 11) is 0. The summed E-state index contributed by atoms with van der Waals surface area (Å²) in [6.07, 6.45) is 4.26. The Bertz CT molecular complexity index is 668. The fraction of sp³-hybridized carbons (Fsp3) is 0.263. The second-order valence-corrected chi connectivity index (χ2v) is 6.46. The number of hydrogen-bond acceptors (Lipinski definition) is 2. The number of halogens is 1. The van der Waals surface area contributed by atoms with E-state index in [1.54, 1.807) is 0 Å². The lowest BCUT2D eigenvalue weighted by Gasteiger charge is -2.08. The van der Waals surface area contributed by atoms with Crippen molar-refractivity contribution < 1.29 is 4.79 Å². The SMILES string of the molecule is CCCCCC(=NNC(=O)c1ccccc1I)c1ccccc1. The average molecular weight is 420 g/mol. The topological polar surface area (TPSA) is 41.5 Å². The molecule has 0 saturated heterocycles. The second-order valence-electron chi connectivity index (χ2n) is 5.30. The van der Waals surface area contributed by atoms with E-state index in [2.05, 4.69) is 40.0 Å². The van der Waals surface area contributed by atoms with Crippen LogP contribution in [0, 0.1) is 3.57 Å². The van der Waals surface area contributed by atoms with E-state index in [9.17, 15) is 4.79 Å². The fourth-order valence-electron chi connectivity index (χ4n) is 2.26. The molecule has 0 aliphatic heterocycles. The molecule has 1 amide bonds. The zero-order valence-electron chi connectivity index (χ0n) is 13.3. The summed E-state index contributed by atoms with van der Waals surface area (Å²) in [5.41, 5.74) is 5.35. The highest BCUT2D eigenvalue weighted by molar-refractivity contribution is 14.1. The Hall–Kier alpha value is -1.69. The molecule has 0 spiro atoms. The molecule has 0 fully saturated rings. The highest BCUT2D eigenvalue weighted by atomic mass is 127. The summed E-state index contributed by atoms with van der Waals surface area (Å²) in [6, 6.07) is 17.5. The largest absolute Gasteiger partial charge is 0.272 e. The van der Waals surface area contributed by atoms with Crippen molar-refractivity contribution in [1.29, 1.82) is 0 Å². The number of hydrazone groups is 1. The zero-order chi connectivity index (χ0) is 16.5. The van der Waals surface area contributed by atoms with Crippen molar-refractivity contribution in [2.24, 2.45) is 5.10 Å². The minimum atomic E-state index is -0.168. The standard InChI is InChI=1S/C19H21IN2O/c1-2-3-5-14-18(15-10-6-4-7-11-15)21-22-19(23)16-12-8-9-13-17(16)20/h4,6-13H,2-3,5,14H2,1H3,(H,22,23). The first-order chi connectivity index (χ1) is 11.2. The molecule has 2 aromatic carbocycles. The first-order valence-corrected chi connectivity index (χ1v) is 8.97. The molecule has 0 bridgehead atoms. The van der Waals surface area contributed by atoms with Gasteiger partial charge in [0.1, 0.15) is 0 Å². The third-order valence-corrected chi connectivity index (χ3v) is 4.48. The highest BCUT2D eigenvalue weighted by Gasteiger charge is 2.09. The summed E-state index contributed by atoms with van der Waals surface area (Å²) in [5, 5.41) is 4.40. The van der Waals surface area contributed by atoms with Crippen LogP contribution in [0.5, 0.6) is 0 Å². The van der Waals surface area contributed by atoms with Gasteiger partial charge < -0.3 is 0 Å². The van der Waals surface area contributed by atoms with Gasteiger partial charge in [0, 0.05) is 3.57 Å². The summed E-state index contributed by atoms with van der Waals surface area (Å²) < 4.78 is 0.921. The van der Waals surface area contributed by atoms with Gasteiger partial charge in [-0.1, -0.05) is 62.2 Å². The highest BCUT2D eigenvalue weighted by Crippen LogP contribution is 2.12. The lowest BCUT2D eigenvalue weighted by molar-refractivity contribution is 0.0954. The van der Waals surface area contributed by atoms with Crippen LogP contribution in [0.4, 0.5) is 0 Å². The Kier molecular flexibility index (Phi) is 7.26. The van der Waals surface area contributed by atoms with Crippen LogP contribution in [0.1, 0.15) is 48.5 Å². The molecule has 0 radical (unpaired) electrons. The number of amides is 1. The first kappa shape index (κ1) is 17.7. The van der Waals surface area contributed by atoms with E-state index in [1.807, 2.05) is 54.6 Å². The zero-order valence-corrected chi connectivity index (χ0v) is 15.4. The molecule has 120 valence electrons. The van der Waals surface area contributed by atoms with Crippen molar-refractivity contribution in [3.05, 3.63) is 69.3 Å². The van der Waals surface area contributed by atoms with Crippen LogP contribution in [-0.4, -0.2) is 11.6 Å². The first-order valence-electron chi connectivity index (χ1n) is 7.89. The molecule has 0 saturated carbocycles. The monoisotopic (exact) mass is 420 g/mol. The number of nitrogens with zero attached hydrogens (tertiary/aromatic N) is 1. The van der Waals surface area contributed by atoms with Crippen LogP contribution in [-0.2, 0) is 0 Å². The molecule has 0 aliphatic rings. The van der Waals surface area contributed by atoms with Gasteiger partial charge in [-0.25, -0.2) is 5.43 Å². The second kappa shape index (κ2) is 9.45. The van der Waals surface area contributed by atoms with Crippen LogP contribution in [0.3, 0.4) is 0 Å². The van der Waals surface area contributed by atoms with E-state index in [0.717, 1.165) is 40.5 Å². The third-order valence-electron chi connectivity index (χ3n) is 3.54. The van der Waals surface area contributed by atoms with Gasteiger partial charge in [0.05, 0.1) is 11.3 Å². The maximum Gasteiger partial charge on any atom is 0.272 e. The van der Waals surface area contributed by atoms with Crippen LogP contribution >= 0.6 is 22.6 Å². The Balaban J connectivity index is 2.13. The van der Waals surface area contributed by atoms with Gasteiger partial charge in [-0.2, -0.15) is 5.10 Å². The molecule has 1 N–H and O–H groups in total. The molecule has 2 aromatic rings. The van der Waals surface area contributed by atoms with Gasteiger partial charge >= 0.3 is 0 Å². The van der Waals surface area contributed by atoms with Gasteiger partial charge in [0.2, 0.25) is 0 Å². The quantitative estimate of drug-likeness (QED) is 0.291. The van der Waals surface area contributed by atoms with Gasteiger partial charge in [-0.15, -0.1) is 0 Å². The summed E-state index contributed by atoms with van der Waals surface area (Å²) in [5.74, 6) is -0.168. The maximum atomic E-state index is 12.3. The minimum absolute atomic E-state index is 0.168. The Labute approximate surface area is 151 Å². The predicted octanol–water partition coefficient (Wildman–Crippen LogP) is 5.01. The molecule has 2 rings (SSSR count). The molecule has 0 aromatic heterocycles. The van der Waals surface area contributed by atoms with Crippen LogP contribution in [0.15, 0.2) is 59.7 Å². The Morgan fingerprint density at radius 2 is 1.74 bits per heavy atom. The van der Waals surface area contributed by atoms with Gasteiger partial charge in [0.15, 0.2) is 0 Å². The van der Waals surface area contributed by atoms with E-state index in [0.29, 0.717) is 5.56 Å². The molecule has 0 atom stereocenters. The normalized spacial score (nSPS) is 11.3. The predicted molar refractivity (Wildman–Crippen MR) is 104 cm³/mol. The number of unbranched alkanes of at least 4 members (excludes halogenated alkanes) is 2.